The summed E-state index contributed by atoms with van der Waals surface area (Å²) in [5.41, 5.74) is 0. The number of likely N-dealkylation sites (N-methyl/N-ethyl adjacent to an activating group) is 1. The van der Waals surface area contributed by atoms with Gasteiger partial charge in [-0.15, -0.1) is 0 Å². The Morgan fingerprint density at radius 3 is 0.685 bits per heavy atom. The van der Waals surface area contributed by atoms with Gasteiger partial charge in [0.15, 0.2) is 0 Å². The summed E-state index contributed by atoms with van der Waals surface area (Å²) in [6.07, 6.45) is 34.7. The summed E-state index contributed by atoms with van der Waals surface area (Å²) in [5, 5.41) is 0. The molecule has 0 N–H and O–H groups in total. The first-order chi connectivity index (χ1) is 44.7. The van der Waals surface area contributed by atoms with E-state index >= 15 is 0 Å². The molecule has 0 saturated heterocycles. The van der Waals surface area contributed by atoms with Crippen LogP contribution in [0.15, 0.2) is 0 Å². The first kappa shape index (κ1) is 80.1. The van der Waals surface area contributed by atoms with Crippen LogP contribution < -0.4 is 0 Å². The maximum atomic E-state index is 13.1. The zero-order valence-corrected chi connectivity index (χ0v) is 58.3. The highest BCUT2D eigenvalue weighted by Crippen LogP contribution is 2.36. The van der Waals surface area contributed by atoms with E-state index < -0.39 is 23.9 Å². The molecule has 0 bridgehead atoms. The number of carbonyl (C=O) groups excluding carboxylic acids is 8. The Bertz CT molecular complexity index is 1760. The lowest BCUT2D eigenvalue weighted by molar-refractivity contribution is -0.156. The predicted octanol–water partition coefficient (Wildman–Crippen LogP) is 13.0. The number of hydrogen-bond acceptors (Lipinski definition) is 19. The third-order valence-corrected chi connectivity index (χ3v) is 20.1. The standard InChI is InChI=1S/C73H127N3O16/c1-6-10-14-18-58-22-30-62(31-23-58)70(81)89-54-50-85-66(77)38-42-75(43-39-67(78)86-51-55-90-71(82)63-32-24-59(25-33-63)19-15-11-7-2)48-46-74(5)47-49-76(44-40-68(79)87-52-56-91-72(83)64-34-26-60(27-35-64)20-16-12-8-3)45-41-69(80)88-53-57-92-73(84)65-36-28-61(29-37-65)21-17-13-9-4/h58-65H,6-57H2,1-5H3. The minimum absolute atomic E-state index is 0.00927. The summed E-state index contributed by atoms with van der Waals surface area (Å²) in [6.45, 7) is 11.8. The van der Waals surface area contributed by atoms with Crippen molar-refractivity contribution in [1.82, 2.24) is 14.7 Å². The van der Waals surface area contributed by atoms with Gasteiger partial charge in [-0.2, -0.15) is 0 Å². The molecule has 92 heavy (non-hydrogen) atoms. The predicted molar refractivity (Wildman–Crippen MR) is 355 cm³/mol. The van der Waals surface area contributed by atoms with E-state index in [-0.39, 0.29) is 152 Å². The first-order valence-corrected chi connectivity index (χ1v) is 37.1. The second-order valence-corrected chi connectivity index (χ2v) is 27.4. The molecule has 0 atom stereocenters. The lowest BCUT2D eigenvalue weighted by Gasteiger charge is -2.28. The van der Waals surface area contributed by atoms with E-state index in [1.165, 1.54) is 103 Å². The Kier molecular flexibility index (Phi) is 43.6. The van der Waals surface area contributed by atoms with E-state index in [4.69, 9.17) is 37.9 Å². The quantitative estimate of drug-likeness (QED) is 0.0314. The van der Waals surface area contributed by atoms with Gasteiger partial charge < -0.3 is 52.6 Å². The van der Waals surface area contributed by atoms with Crippen molar-refractivity contribution in [3.05, 3.63) is 0 Å². The number of unbranched alkanes of at least 4 members (excludes halogenated alkanes) is 8. The number of ether oxygens (including phenoxy) is 8. The van der Waals surface area contributed by atoms with Crippen LogP contribution in [-0.4, -0.2) is 175 Å². The summed E-state index contributed by atoms with van der Waals surface area (Å²) < 4.78 is 44.2. The van der Waals surface area contributed by atoms with E-state index in [9.17, 15) is 38.4 Å². The second kappa shape index (κ2) is 50.1. The zero-order chi connectivity index (χ0) is 66.4. The van der Waals surface area contributed by atoms with Crippen LogP contribution in [0.3, 0.4) is 0 Å². The topological polar surface area (TPSA) is 220 Å². The van der Waals surface area contributed by atoms with Crippen LogP contribution in [0, 0.1) is 47.3 Å². The molecule has 0 radical (unpaired) electrons. The SMILES string of the molecule is CCCCCC1CCC(C(=O)OCCOC(=O)CCN(CCC(=O)OCCOC(=O)C2CCC(CCCCC)CC2)CCN(C)CCN(CCC(=O)OCCOC(=O)C2CCC(CCCCC)CC2)CCC(=O)OCCOC(=O)C2CCC(CCCCC)CC2)CC1. The van der Waals surface area contributed by atoms with E-state index in [1.807, 2.05) is 16.8 Å². The van der Waals surface area contributed by atoms with Crippen molar-refractivity contribution in [3.8, 4) is 0 Å². The Hall–Kier alpha value is -4.36. The van der Waals surface area contributed by atoms with Crippen molar-refractivity contribution in [2.24, 2.45) is 47.3 Å². The molecule has 530 valence electrons. The maximum Gasteiger partial charge on any atom is 0.309 e. The molecule has 0 heterocycles. The van der Waals surface area contributed by atoms with E-state index in [1.54, 1.807) is 0 Å². The number of nitrogens with zero attached hydrogens (tertiary/aromatic N) is 3. The normalized spacial score (nSPS) is 21.7. The molecule has 4 fully saturated rings. The van der Waals surface area contributed by atoms with Gasteiger partial charge in [-0.25, -0.2) is 0 Å². The van der Waals surface area contributed by atoms with Gasteiger partial charge in [0.1, 0.15) is 52.9 Å². The second-order valence-electron chi connectivity index (χ2n) is 27.4. The Balaban J connectivity index is 1.25. The van der Waals surface area contributed by atoms with Crippen molar-refractivity contribution < 1.29 is 76.3 Å². The summed E-state index contributed by atoms with van der Waals surface area (Å²) in [7, 11) is 1.95. The number of hydrogen-bond donors (Lipinski definition) is 0. The number of carbonyl (C=O) groups is 8. The third-order valence-electron chi connectivity index (χ3n) is 20.1. The van der Waals surface area contributed by atoms with Crippen LogP contribution in [0.2, 0.25) is 0 Å². The summed E-state index contributed by atoms with van der Waals surface area (Å²) >= 11 is 0. The molecule has 4 rings (SSSR count). The van der Waals surface area contributed by atoms with Gasteiger partial charge in [0.2, 0.25) is 0 Å². The Morgan fingerprint density at radius 2 is 0.478 bits per heavy atom. The fourth-order valence-corrected chi connectivity index (χ4v) is 13.8. The molecule has 4 aliphatic rings. The molecule has 4 aliphatic carbocycles. The minimum atomic E-state index is -0.452. The largest absolute Gasteiger partial charge is 0.462 e. The lowest BCUT2D eigenvalue weighted by atomic mass is 9.80. The van der Waals surface area contributed by atoms with E-state index in [2.05, 4.69) is 32.6 Å². The summed E-state index contributed by atoms with van der Waals surface area (Å²) in [5.74, 6) is -0.468. The molecule has 4 saturated carbocycles. The molecular formula is C73H127N3O16. The van der Waals surface area contributed by atoms with Crippen LogP contribution in [-0.2, 0) is 76.3 Å². The van der Waals surface area contributed by atoms with Crippen molar-refractivity contribution in [1.29, 1.82) is 0 Å². The van der Waals surface area contributed by atoms with Crippen molar-refractivity contribution in [2.45, 2.75) is 259 Å². The first-order valence-electron chi connectivity index (χ1n) is 37.1. The van der Waals surface area contributed by atoms with Gasteiger partial charge in [0.25, 0.3) is 0 Å². The molecule has 0 unspecified atom stereocenters. The fourth-order valence-electron chi connectivity index (χ4n) is 13.8. The lowest BCUT2D eigenvalue weighted by Crippen LogP contribution is -2.40. The number of rotatable bonds is 50. The van der Waals surface area contributed by atoms with Gasteiger partial charge in [0, 0.05) is 52.4 Å². The van der Waals surface area contributed by atoms with Crippen molar-refractivity contribution >= 4 is 47.8 Å². The third kappa shape index (κ3) is 36.5. The summed E-state index contributed by atoms with van der Waals surface area (Å²) in [4.78, 5) is 110. The van der Waals surface area contributed by atoms with E-state index in [0.29, 0.717) is 49.9 Å². The van der Waals surface area contributed by atoms with Gasteiger partial charge in [-0.3, -0.25) is 38.4 Å². The van der Waals surface area contributed by atoms with Gasteiger partial charge in [-0.1, -0.05) is 130 Å². The highest BCUT2D eigenvalue weighted by molar-refractivity contribution is 5.74. The van der Waals surface area contributed by atoms with Crippen LogP contribution in [0.4, 0.5) is 0 Å². The van der Waals surface area contributed by atoms with Gasteiger partial charge in [0.05, 0.1) is 49.4 Å². The molecule has 0 amide bonds. The fraction of sp³-hybridized carbons (Fsp3) is 0.890. The van der Waals surface area contributed by atoms with E-state index in [0.717, 1.165) is 103 Å². The van der Waals surface area contributed by atoms with Crippen LogP contribution in [0.1, 0.15) is 259 Å². The van der Waals surface area contributed by atoms with Crippen LogP contribution in [0.5, 0.6) is 0 Å². The monoisotopic (exact) mass is 1300 g/mol. The van der Waals surface area contributed by atoms with Crippen molar-refractivity contribution in [3.63, 3.8) is 0 Å². The van der Waals surface area contributed by atoms with Crippen LogP contribution in [0.25, 0.3) is 0 Å². The average molecular weight is 1300 g/mol. The molecular weight excluding hydrogens is 1170 g/mol. The molecule has 0 spiro atoms. The molecule has 0 aromatic rings. The Labute approximate surface area is 554 Å². The summed E-state index contributed by atoms with van der Waals surface area (Å²) in [6, 6.07) is 0. The zero-order valence-electron chi connectivity index (χ0n) is 58.3. The minimum Gasteiger partial charge on any atom is -0.462 e. The maximum absolute atomic E-state index is 13.1. The molecule has 0 aromatic carbocycles. The highest BCUT2D eigenvalue weighted by atomic mass is 16.6. The average Bonchev–Trinajstić information content (AvgIpc) is 2.94. The highest BCUT2D eigenvalue weighted by Gasteiger charge is 2.31. The van der Waals surface area contributed by atoms with Gasteiger partial charge >= 0.3 is 47.8 Å². The molecule has 19 nitrogen and oxygen atoms in total. The molecule has 0 aliphatic heterocycles. The van der Waals surface area contributed by atoms with Gasteiger partial charge in [-0.05, 0) is 133 Å². The van der Waals surface area contributed by atoms with Crippen molar-refractivity contribution in [2.75, 3.05) is 112 Å². The van der Waals surface area contributed by atoms with Crippen LogP contribution >= 0.6 is 0 Å². The smallest absolute Gasteiger partial charge is 0.309 e. The molecule has 19 heteroatoms. The number of esters is 8. The Morgan fingerprint density at radius 1 is 0.272 bits per heavy atom. The molecule has 0 aromatic heterocycles.